The Morgan fingerprint density at radius 3 is 2.22 bits per heavy atom. The van der Waals surface area contributed by atoms with Gasteiger partial charge in [-0.2, -0.15) is 0 Å². The molecule has 1 aromatic heterocycles. The van der Waals surface area contributed by atoms with E-state index < -0.39 is 26.0 Å². The second kappa shape index (κ2) is 8.56. The van der Waals surface area contributed by atoms with E-state index in [1.54, 1.807) is 20.0 Å². The van der Waals surface area contributed by atoms with Gasteiger partial charge in [0.2, 0.25) is 0 Å². The van der Waals surface area contributed by atoms with Crippen LogP contribution in [0.25, 0.3) is 33.2 Å². The third-order valence-corrected chi connectivity index (χ3v) is 9.98. The van der Waals surface area contributed by atoms with Crippen LogP contribution in [-0.2, 0) is 24.8 Å². The molecule has 36 heavy (non-hydrogen) atoms. The topological polar surface area (TPSA) is 84.3 Å². The monoisotopic (exact) mass is 499 g/mol. The SMILES string of the molecule is CC(C)(c1cc(-c2cccc(-c3ccc(C4(C(=O)O)CCC4)cc3)c2)c2ncccc2c1)S(C)(=O)=O. The van der Waals surface area contributed by atoms with Crippen LogP contribution in [0.15, 0.2) is 79.0 Å². The average Bonchev–Trinajstić information content (AvgIpc) is 2.82. The number of carboxylic acids is 1. The summed E-state index contributed by atoms with van der Waals surface area (Å²) in [5.41, 5.74) is 5.43. The molecule has 5 rings (SSSR count). The average molecular weight is 500 g/mol. The van der Waals surface area contributed by atoms with Crippen molar-refractivity contribution >= 4 is 26.7 Å². The number of hydrogen-bond donors (Lipinski definition) is 1. The molecule has 0 amide bonds. The summed E-state index contributed by atoms with van der Waals surface area (Å²) in [6, 6.07) is 23.6. The first kappa shape index (κ1) is 24.2. The first-order valence-corrected chi connectivity index (χ1v) is 14.0. The molecule has 1 saturated carbocycles. The Labute approximate surface area is 211 Å². The lowest BCUT2D eigenvalue weighted by molar-refractivity contribution is -0.147. The number of fused-ring (bicyclic) bond motifs is 1. The predicted molar refractivity (Wildman–Crippen MR) is 144 cm³/mol. The van der Waals surface area contributed by atoms with E-state index in [0.29, 0.717) is 12.8 Å². The maximum absolute atomic E-state index is 12.6. The van der Waals surface area contributed by atoms with E-state index in [-0.39, 0.29) is 0 Å². The number of carboxylic acid groups (broad SMARTS) is 1. The van der Waals surface area contributed by atoms with E-state index in [2.05, 4.69) is 11.1 Å². The van der Waals surface area contributed by atoms with Crippen LogP contribution >= 0.6 is 0 Å². The number of nitrogens with zero attached hydrogens (tertiary/aromatic N) is 1. The number of carbonyl (C=O) groups is 1. The van der Waals surface area contributed by atoms with Crippen LogP contribution in [0, 0.1) is 0 Å². The van der Waals surface area contributed by atoms with Gasteiger partial charge in [-0.05, 0) is 78.8 Å². The van der Waals surface area contributed by atoms with E-state index in [1.165, 1.54) is 6.26 Å². The van der Waals surface area contributed by atoms with E-state index >= 15 is 0 Å². The molecule has 0 atom stereocenters. The van der Waals surface area contributed by atoms with E-state index in [4.69, 9.17) is 0 Å². The number of pyridine rings is 1. The zero-order valence-electron chi connectivity index (χ0n) is 20.7. The van der Waals surface area contributed by atoms with Gasteiger partial charge in [0.25, 0.3) is 0 Å². The Morgan fingerprint density at radius 2 is 1.61 bits per heavy atom. The van der Waals surface area contributed by atoms with Crippen LogP contribution in [0.1, 0.15) is 44.2 Å². The zero-order chi connectivity index (χ0) is 25.7. The molecule has 1 aliphatic rings. The molecular formula is C30H29NO4S. The minimum absolute atomic E-state index is 0.678. The molecule has 184 valence electrons. The molecule has 0 unspecified atom stereocenters. The molecule has 0 aliphatic heterocycles. The number of hydrogen-bond acceptors (Lipinski definition) is 4. The Balaban J connectivity index is 1.60. The highest BCUT2D eigenvalue weighted by Crippen LogP contribution is 2.44. The van der Waals surface area contributed by atoms with Gasteiger partial charge in [0.15, 0.2) is 9.84 Å². The Hall–Kier alpha value is -3.51. The molecule has 1 N–H and O–H groups in total. The minimum atomic E-state index is -3.36. The minimum Gasteiger partial charge on any atom is -0.481 e. The second-order valence-corrected chi connectivity index (χ2v) is 12.8. The summed E-state index contributed by atoms with van der Waals surface area (Å²) >= 11 is 0. The number of sulfone groups is 1. The molecule has 6 heteroatoms. The molecule has 1 aliphatic carbocycles. The van der Waals surface area contributed by atoms with Crippen molar-refractivity contribution in [2.75, 3.05) is 6.26 Å². The fraction of sp³-hybridized carbons (Fsp3) is 0.267. The van der Waals surface area contributed by atoms with Crippen LogP contribution < -0.4 is 0 Å². The van der Waals surface area contributed by atoms with Gasteiger partial charge in [0.1, 0.15) is 0 Å². The molecule has 0 spiro atoms. The first-order chi connectivity index (χ1) is 17.0. The molecule has 3 aromatic carbocycles. The highest BCUT2D eigenvalue weighted by atomic mass is 32.2. The molecule has 5 nitrogen and oxygen atoms in total. The quantitative estimate of drug-likeness (QED) is 0.334. The molecule has 1 heterocycles. The van der Waals surface area contributed by atoms with Crippen molar-refractivity contribution in [3.63, 3.8) is 0 Å². The lowest BCUT2D eigenvalue weighted by Crippen LogP contribution is -2.42. The van der Waals surface area contributed by atoms with E-state index in [9.17, 15) is 18.3 Å². The summed E-state index contributed by atoms with van der Waals surface area (Å²) in [5.74, 6) is -0.750. The highest BCUT2D eigenvalue weighted by Gasteiger charge is 2.45. The molecular weight excluding hydrogens is 470 g/mol. The summed E-state index contributed by atoms with van der Waals surface area (Å²) in [6.07, 6.45) is 5.30. The molecule has 0 bridgehead atoms. The Kier molecular flexibility index (Phi) is 5.75. The highest BCUT2D eigenvalue weighted by molar-refractivity contribution is 7.91. The third kappa shape index (κ3) is 3.90. The predicted octanol–water partition coefficient (Wildman–Crippen LogP) is 6.35. The summed E-state index contributed by atoms with van der Waals surface area (Å²) in [7, 11) is -3.36. The Morgan fingerprint density at radius 1 is 0.917 bits per heavy atom. The van der Waals surface area contributed by atoms with Gasteiger partial charge in [-0.3, -0.25) is 9.78 Å². The lowest BCUT2D eigenvalue weighted by Gasteiger charge is -2.38. The van der Waals surface area contributed by atoms with Crippen LogP contribution in [0.5, 0.6) is 0 Å². The van der Waals surface area contributed by atoms with Crippen molar-refractivity contribution in [3.8, 4) is 22.3 Å². The lowest BCUT2D eigenvalue weighted by atomic mass is 9.64. The van der Waals surface area contributed by atoms with Gasteiger partial charge in [-0.15, -0.1) is 0 Å². The van der Waals surface area contributed by atoms with Gasteiger partial charge in [-0.1, -0.05) is 55.0 Å². The standard InChI is InChI=1S/C30H29NO4S/c1-29(2,36(3,34)35)25-18-23-9-5-16-31-27(23)26(19-25)22-8-4-7-21(17-22)20-10-12-24(13-11-20)30(28(32)33)14-6-15-30/h4-5,7-13,16-19H,6,14-15H2,1-3H3,(H,32,33). The Bertz CT molecular complexity index is 1580. The van der Waals surface area contributed by atoms with Crippen molar-refractivity contribution in [1.29, 1.82) is 0 Å². The van der Waals surface area contributed by atoms with Crippen molar-refractivity contribution in [3.05, 3.63) is 90.1 Å². The number of rotatable bonds is 6. The van der Waals surface area contributed by atoms with Crippen LogP contribution in [0.3, 0.4) is 0 Å². The molecule has 0 saturated heterocycles. The van der Waals surface area contributed by atoms with Gasteiger partial charge < -0.3 is 5.11 Å². The summed E-state index contributed by atoms with van der Waals surface area (Å²) < 4.78 is 24.1. The second-order valence-electron chi connectivity index (χ2n) is 10.3. The maximum atomic E-state index is 12.6. The van der Waals surface area contributed by atoms with Crippen LogP contribution in [0.2, 0.25) is 0 Å². The third-order valence-electron chi connectivity index (χ3n) is 7.89. The summed E-state index contributed by atoms with van der Waals surface area (Å²) in [4.78, 5) is 16.5. The van der Waals surface area contributed by atoms with Gasteiger partial charge in [-0.25, -0.2) is 8.42 Å². The van der Waals surface area contributed by atoms with Crippen molar-refractivity contribution in [1.82, 2.24) is 4.98 Å². The molecule has 1 fully saturated rings. The van der Waals surface area contributed by atoms with Crippen molar-refractivity contribution in [2.24, 2.45) is 0 Å². The summed E-state index contributed by atoms with van der Waals surface area (Å²) in [6.45, 7) is 3.46. The smallest absolute Gasteiger partial charge is 0.314 e. The fourth-order valence-corrected chi connectivity index (χ4v) is 5.52. The largest absolute Gasteiger partial charge is 0.481 e. The molecule has 4 aromatic rings. The zero-order valence-corrected chi connectivity index (χ0v) is 21.5. The van der Waals surface area contributed by atoms with Gasteiger partial charge >= 0.3 is 5.97 Å². The normalized spacial score (nSPS) is 15.4. The van der Waals surface area contributed by atoms with E-state index in [0.717, 1.165) is 50.7 Å². The van der Waals surface area contributed by atoms with Crippen LogP contribution in [0.4, 0.5) is 0 Å². The van der Waals surface area contributed by atoms with Gasteiger partial charge in [0, 0.05) is 23.4 Å². The number of aromatic nitrogens is 1. The number of benzene rings is 3. The van der Waals surface area contributed by atoms with Gasteiger partial charge in [0.05, 0.1) is 15.7 Å². The van der Waals surface area contributed by atoms with E-state index in [1.807, 2.05) is 66.7 Å². The maximum Gasteiger partial charge on any atom is 0.314 e. The summed E-state index contributed by atoms with van der Waals surface area (Å²) in [5, 5.41) is 10.6. The first-order valence-electron chi connectivity index (χ1n) is 12.1. The number of aliphatic carboxylic acids is 1. The molecule has 0 radical (unpaired) electrons. The van der Waals surface area contributed by atoms with Crippen molar-refractivity contribution in [2.45, 2.75) is 43.3 Å². The fourth-order valence-electron chi connectivity index (χ4n) is 4.98. The van der Waals surface area contributed by atoms with Crippen molar-refractivity contribution < 1.29 is 18.3 Å². The van der Waals surface area contributed by atoms with Crippen LogP contribution in [-0.4, -0.2) is 30.7 Å².